The maximum absolute atomic E-state index is 5.82. The van der Waals surface area contributed by atoms with Crippen molar-refractivity contribution in [2.45, 2.75) is 19.9 Å². The van der Waals surface area contributed by atoms with Crippen LogP contribution in [0.3, 0.4) is 0 Å². The van der Waals surface area contributed by atoms with Crippen LogP contribution in [0.15, 0.2) is 24.3 Å². The molecule has 0 aliphatic carbocycles. The minimum absolute atomic E-state index is 0.414. The summed E-state index contributed by atoms with van der Waals surface area (Å²) in [5.41, 5.74) is 1.29. The predicted octanol–water partition coefficient (Wildman–Crippen LogP) is 3.26. The van der Waals surface area contributed by atoms with E-state index in [4.69, 9.17) is 11.6 Å². The molecule has 0 heterocycles. The molecule has 0 radical (unpaired) electrons. The van der Waals surface area contributed by atoms with Gasteiger partial charge in [-0.2, -0.15) is 0 Å². The summed E-state index contributed by atoms with van der Waals surface area (Å²) in [6, 6.07) is 8.43. The zero-order chi connectivity index (χ0) is 9.84. The van der Waals surface area contributed by atoms with E-state index in [-0.39, 0.29) is 0 Å². The molecule has 0 aromatic heterocycles. The quantitative estimate of drug-likeness (QED) is 0.785. The molecule has 13 heavy (non-hydrogen) atoms. The van der Waals surface area contributed by atoms with Crippen LogP contribution in [0.1, 0.15) is 25.5 Å². The lowest BCUT2D eigenvalue weighted by atomic mass is 9.96. The Labute approximate surface area is 85.1 Å². The van der Waals surface area contributed by atoms with Gasteiger partial charge in [-0.25, -0.2) is 0 Å². The molecule has 0 amide bonds. The lowest BCUT2D eigenvalue weighted by Crippen LogP contribution is -2.21. The molecule has 0 saturated carbocycles. The Bertz CT molecular complexity index is 253. The van der Waals surface area contributed by atoms with Crippen molar-refractivity contribution in [2.24, 2.45) is 5.92 Å². The van der Waals surface area contributed by atoms with Crippen LogP contribution < -0.4 is 5.32 Å². The zero-order valence-corrected chi connectivity index (χ0v) is 9.10. The molecule has 1 N–H and O–H groups in total. The van der Waals surface area contributed by atoms with E-state index in [9.17, 15) is 0 Å². The molecular formula is C11H16ClN. The Morgan fingerprint density at radius 1 is 1.15 bits per heavy atom. The van der Waals surface area contributed by atoms with E-state index < -0.39 is 0 Å². The number of benzene rings is 1. The highest BCUT2D eigenvalue weighted by Gasteiger charge is 2.12. The lowest BCUT2D eigenvalue weighted by Gasteiger charge is -2.20. The van der Waals surface area contributed by atoms with Crippen molar-refractivity contribution in [1.82, 2.24) is 5.32 Å². The van der Waals surface area contributed by atoms with Gasteiger partial charge >= 0.3 is 0 Å². The van der Waals surface area contributed by atoms with E-state index >= 15 is 0 Å². The molecule has 72 valence electrons. The maximum Gasteiger partial charge on any atom is 0.0406 e. The van der Waals surface area contributed by atoms with E-state index in [0.29, 0.717) is 12.0 Å². The van der Waals surface area contributed by atoms with Gasteiger partial charge in [0.25, 0.3) is 0 Å². The van der Waals surface area contributed by atoms with Crippen molar-refractivity contribution in [3.05, 3.63) is 34.9 Å². The number of nitrogens with one attached hydrogen (secondary N) is 1. The van der Waals surface area contributed by atoms with Gasteiger partial charge in [-0.05, 0) is 30.7 Å². The fourth-order valence-corrected chi connectivity index (χ4v) is 1.68. The van der Waals surface area contributed by atoms with Crippen LogP contribution in [-0.2, 0) is 0 Å². The SMILES string of the molecule is CNC(c1ccc(Cl)cc1)C(C)C. The van der Waals surface area contributed by atoms with Crippen molar-refractivity contribution in [2.75, 3.05) is 7.05 Å². The number of halogens is 1. The normalized spacial score (nSPS) is 13.3. The Hall–Kier alpha value is -0.530. The molecule has 1 atom stereocenters. The van der Waals surface area contributed by atoms with Crippen LogP contribution in [0.2, 0.25) is 5.02 Å². The number of rotatable bonds is 3. The first kappa shape index (κ1) is 10.6. The molecule has 0 aliphatic rings. The summed E-state index contributed by atoms with van der Waals surface area (Å²) in [7, 11) is 1.99. The smallest absolute Gasteiger partial charge is 0.0406 e. The van der Waals surface area contributed by atoms with E-state index in [0.717, 1.165) is 5.02 Å². The molecule has 1 aromatic carbocycles. The van der Waals surface area contributed by atoms with Gasteiger partial charge in [-0.1, -0.05) is 37.6 Å². The van der Waals surface area contributed by atoms with E-state index in [1.165, 1.54) is 5.56 Å². The van der Waals surface area contributed by atoms with Gasteiger partial charge in [0.05, 0.1) is 0 Å². The summed E-state index contributed by atoms with van der Waals surface area (Å²) in [4.78, 5) is 0. The average Bonchev–Trinajstić information content (AvgIpc) is 2.09. The third kappa shape index (κ3) is 2.71. The van der Waals surface area contributed by atoms with Gasteiger partial charge in [0.1, 0.15) is 0 Å². The second-order valence-corrected chi connectivity index (χ2v) is 4.00. The number of hydrogen-bond acceptors (Lipinski definition) is 1. The molecule has 0 saturated heterocycles. The van der Waals surface area contributed by atoms with E-state index in [2.05, 4.69) is 31.3 Å². The van der Waals surface area contributed by atoms with Crippen molar-refractivity contribution in [3.63, 3.8) is 0 Å². The maximum atomic E-state index is 5.82. The summed E-state index contributed by atoms with van der Waals surface area (Å²) in [6.45, 7) is 4.41. The predicted molar refractivity (Wildman–Crippen MR) is 58.1 cm³/mol. The Morgan fingerprint density at radius 2 is 1.69 bits per heavy atom. The molecule has 1 nitrogen and oxygen atoms in total. The van der Waals surface area contributed by atoms with E-state index in [1.54, 1.807) is 0 Å². The highest BCUT2D eigenvalue weighted by molar-refractivity contribution is 6.30. The van der Waals surface area contributed by atoms with Crippen LogP contribution in [0.25, 0.3) is 0 Å². The van der Waals surface area contributed by atoms with E-state index in [1.807, 2.05) is 19.2 Å². The summed E-state index contributed by atoms with van der Waals surface area (Å²) < 4.78 is 0. The van der Waals surface area contributed by atoms with Gasteiger partial charge in [0.15, 0.2) is 0 Å². The summed E-state index contributed by atoms with van der Waals surface area (Å²) >= 11 is 5.82. The fourth-order valence-electron chi connectivity index (χ4n) is 1.56. The lowest BCUT2D eigenvalue weighted by molar-refractivity contribution is 0.443. The molecule has 1 rings (SSSR count). The minimum Gasteiger partial charge on any atom is -0.313 e. The van der Waals surface area contributed by atoms with Crippen LogP contribution in [-0.4, -0.2) is 7.05 Å². The molecule has 0 bridgehead atoms. The molecule has 0 fully saturated rings. The monoisotopic (exact) mass is 197 g/mol. The van der Waals surface area contributed by atoms with Gasteiger partial charge in [-0.3, -0.25) is 0 Å². The Morgan fingerprint density at radius 3 is 2.08 bits per heavy atom. The van der Waals surface area contributed by atoms with Crippen LogP contribution in [0.5, 0.6) is 0 Å². The summed E-state index contributed by atoms with van der Waals surface area (Å²) in [6.07, 6.45) is 0. The molecule has 0 aliphatic heterocycles. The third-order valence-corrected chi connectivity index (χ3v) is 2.46. The van der Waals surface area contributed by atoms with Crippen molar-refractivity contribution in [3.8, 4) is 0 Å². The molecule has 0 spiro atoms. The topological polar surface area (TPSA) is 12.0 Å². The largest absolute Gasteiger partial charge is 0.313 e. The van der Waals surface area contributed by atoms with Gasteiger partial charge in [-0.15, -0.1) is 0 Å². The number of hydrogen-bond donors (Lipinski definition) is 1. The first-order valence-corrected chi connectivity index (χ1v) is 4.95. The standard InChI is InChI=1S/C11H16ClN/c1-8(2)11(13-3)9-4-6-10(12)7-5-9/h4-8,11,13H,1-3H3. The minimum atomic E-state index is 0.414. The van der Waals surface area contributed by atoms with Gasteiger partial charge in [0.2, 0.25) is 0 Å². The van der Waals surface area contributed by atoms with Gasteiger partial charge in [0, 0.05) is 11.1 Å². The Balaban J connectivity index is 2.86. The van der Waals surface area contributed by atoms with Crippen molar-refractivity contribution < 1.29 is 0 Å². The Kier molecular flexibility index (Phi) is 3.76. The highest BCUT2D eigenvalue weighted by Crippen LogP contribution is 2.22. The molecule has 1 aromatic rings. The van der Waals surface area contributed by atoms with Crippen molar-refractivity contribution >= 4 is 11.6 Å². The first-order chi connectivity index (χ1) is 6.15. The second kappa shape index (κ2) is 4.64. The summed E-state index contributed by atoms with van der Waals surface area (Å²) in [5.74, 6) is 0.589. The molecule has 2 heteroatoms. The fraction of sp³-hybridized carbons (Fsp3) is 0.455. The first-order valence-electron chi connectivity index (χ1n) is 4.58. The third-order valence-electron chi connectivity index (χ3n) is 2.21. The zero-order valence-electron chi connectivity index (χ0n) is 8.34. The van der Waals surface area contributed by atoms with Crippen molar-refractivity contribution in [1.29, 1.82) is 0 Å². The molecule has 1 unspecified atom stereocenters. The van der Waals surface area contributed by atoms with Gasteiger partial charge < -0.3 is 5.32 Å². The molecular weight excluding hydrogens is 182 g/mol. The average molecular weight is 198 g/mol. The van der Waals surface area contributed by atoms with Crippen LogP contribution in [0.4, 0.5) is 0 Å². The highest BCUT2D eigenvalue weighted by atomic mass is 35.5. The van der Waals surface area contributed by atoms with Crippen LogP contribution in [0, 0.1) is 5.92 Å². The van der Waals surface area contributed by atoms with Crippen LogP contribution >= 0.6 is 11.6 Å². The summed E-state index contributed by atoms with van der Waals surface area (Å²) in [5, 5.41) is 4.09. The second-order valence-electron chi connectivity index (χ2n) is 3.56.